The second-order valence-electron chi connectivity index (χ2n) is 6.51. The average Bonchev–Trinajstić information content (AvgIpc) is 2.70. The number of nitrogens with zero attached hydrogens (tertiary/aromatic N) is 3. The minimum Gasteiger partial charge on any atom is -0.466 e. The molecule has 1 aliphatic rings. The van der Waals surface area contributed by atoms with Gasteiger partial charge in [-0.15, -0.1) is 0 Å². The van der Waals surface area contributed by atoms with Crippen LogP contribution in [0.3, 0.4) is 0 Å². The summed E-state index contributed by atoms with van der Waals surface area (Å²) in [4.78, 5) is 42.6. The molecule has 0 aliphatic carbocycles. The molecule has 0 unspecified atom stereocenters. The Balaban J connectivity index is 1.60. The zero-order valence-electron chi connectivity index (χ0n) is 15.3. The van der Waals surface area contributed by atoms with Crippen LogP contribution in [-0.2, 0) is 20.9 Å². The first kappa shape index (κ1) is 18.8. The molecule has 142 valence electrons. The largest absolute Gasteiger partial charge is 0.466 e. The van der Waals surface area contributed by atoms with Gasteiger partial charge in [-0.05, 0) is 19.8 Å². The predicted molar refractivity (Wildman–Crippen MR) is 99.9 cm³/mol. The molecule has 7 heteroatoms. The number of benzene rings is 1. The highest BCUT2D eigenvalue weighted by molar-refractivity contribution is 5.77. The summed E-state index contributed by atoms with van der Waals surface area (Å²) in [5.74, 6) is -0.487. The first-order chi connectivity index (χ1) is 13.1. The molecule has 1 aliphatic heterocycles. The van der Waals surface area contributed by atoms with Gasteiger partial charge in [-0.1, -0.05) is 30.3 Å². The van der Waals surface area contributed by atoms with Crippen molar-refractivity contribution in [2.24, 2.45) is 5.92 Å². The fraction of sp³-hybridized carbons (Fsp3) is 0.400. The highest BCUT2D eigenvalue weighted by atomic mass is 16.5. The second-order valence-corrected chi connectivity index (χ2v) is 6.51. The molecule has 0 bridgehead atoms. The normalized spacial score (nSPS) is 14.8. The number of carbonyl (C=O) groups excluding carboxylic acids is 2. The highest BCUT2D eigenvalue weighted by Crippen LogP contribution is 2.19. The van der Waals surface area contributed by atoms with E-state index in [0.717, 1.165) is 5.56 Å². The lowest BCUT2D eigenvalue weighted by Gasteiger charge is -2.31. The summed E-state index contributed by atoms with van der Waals surface area (Å²) in [6.07, 6.45) is 2.59. The molecule has 1 amide bonds. The van der Waals surface area contributed by atoms with Crippen LogP contribution in [0.4, 0.5) is 0 Å². The molecule has 2 aromatic rings. The molecule has 1 saturated heterocycles. The number of amides is 1. The summed E-state index contributed by atoms with van der Waals surface area (Å²) in [6.45, 7) is 3.09. The van der Waals surface area contributed by atoms with E-state index < -0.39 is 0 Å². The molecule has 2 heterocycles. The zero-order chi connectivity index (χ0) is 19.2. The highest BCUT2D eigenvalue weighted by Gasteiger charge is 2.28. The fourth-order valence-electron chi connectivity index (χ4n) is 3.18. The van der Waals surface area contributed by atoms with Crippen LogP contribution in [0.2, 0.25) is 0 Å². The maximum Gasteiger partial charge on any atom is 0.309 e. The second kappa shape index (κ2) is 8.62. The van der Waals surface area contributed by atoms with Gasteiger partial charge in [0.25, 0.3) is 5.56 Å². The van der Waals surface area contributed by atoms with E-state index in [2.05, 4.69) is 4.98 Å². The van der Waals surface area contributed by atoms with Crippen molar-refractivity contribution >= 4 is 11.9 Å². The van der Waals surface area contributed by atoms with Gasteiger partial charge in [-0.25, -0.2) is 4.98 Å². The van der Waals surface area contributed by atoms with Gasteiger partial charge in [0.05, 0.1) is 24.5 Å². The van der Waals surface area contributed by atoms with Crippen LogP contribution in [0.25, 0.3) is 11.3 Å². The Morgan fingerprint density at radius 3 is 2.52 bits per heavy atom. The van der Waals surface area contributed by atoms with Crippen LogP contribution < -0.4 is 5.56 Å². The van der Waals surface area contributed by atoms with Crippen molar-refractivity contribution in [3.63, 3.8) is 0 Å². The summed E-state index contributed by atoms with van der Waals surface area (Å²) in [5.41, 5.74) is 1.17. The maximum absolute atomic E-state index is 12.5. The number of ether oxygens (including phenoxy) is 1. The minimum absolute atomic E-state index is 0.0506. The molecule has 1 aromatic carbocycles. The van der Waals surface area contributed by atoms with Crippen molar-refractivity contribution in [2.45, 2.75) is 26.3 Å². The zero-order valence-corrected chi connectivity index (χ0v) is 15.3. The lowest BCUT2D eigenvalue weighted by Crippen LogP contribution is -2.43. The van der Waals surface area contributed by atoms with Gasteiger partial charge >= 0.3 is 5.97 Å². The fourth-order valence-corrected chi connectivity index (χ4v) is 3.18. The maximum atomic E-state index is 12.5. The molecular formula is C20H23N3O4. The molecular weight excluding hydrogens is 346 g/mol. The lowest BCUT2D eigenvalue weighted by atomic mass is 9.97. The smallest absolute Gasteiger partial charge is 0.309 e. The van der Waals surface area contributed by atoms with Gasteiger partial charge < -0.3 is 9.64 Å². The van der Waals surface area contributed by atoms with Gasteiger partial charge in [0.1, 0.15) is 6.54 Å². The standard InChI is InChI=1S/C20H23N3O4/c1-2-27-20(26)16-8-10-22(11-9-16)19(25)13-23-14-21-17(12-18(23)24)15-6-4-3-5-7-15/h3-7,12,14,16H,2,8-11,13H2,1H3. The predicted octanol–water partition coefficient (Wildman–Crippen LogP) is 1.71. The van der Waals surface area contributed by atoms with E-state index in [0.29, 0.717) is 38.2 Å². The third kappa shape index (κ3) is 4.61. The first-order valence-electron chi connectivity index (χ1n) is 9.14. The van der Waals surface area contributed by atoms with E-state index in [1.54, 1.807) is 11.8 Å². The molecule has 3 rings (SSSR count). The lowest BCUT2D eigenvalue weighted by molar-refractivity contribution is -0.151. The number of aromatic nitrogens is 2. The Labute approximate surface area is 157 Å². The van der Waals surface area contributed by atoms with E-state index in [-0.39, 0.29) is 29.9 Å². The third-order valence-corrected chi connectivity index (χ3v) is 4.72. The topological polar surface area (TPSA) is 81.5 Å². The number of hydrogen-bond donors (Lipinski definition) is 0. The summed E-state index contributed by atoms with van der Waals surface area (Å²) < 4.78 is 6.35. The summed E-state index contributed by atoms with van der Waals surface area (Å²) in [5, 5.41) is 0. The van der Waals surface area contributed by atoms with Crippen molar-refractivity contribution in [1.82, 2.24) is 14.5 Å². The molecule has 1 fully saturated rings. The Morgan fingerprint density at radius 1 is 1.19 bits per heavy atom. The molecule has 0 atom stereocenters. The van der Waals surface area contributed by atoms with Crippen LogP contribution in [-0.4, -0.2) is 46.0 Å². The molecule has 7 nitrogen and oxygen atoms in total. The molecule has 27 heavy (non-hydrogen) atoms. The Bertz CT molecular complexity index is 855. The third-order valence-electron chi connectivity index (χ3n) is 4.72. The van der Waals surface area contributed by atoms with Crippen molar-refractivity contribution in [2.75, 3.05) is 19.7 Å². The Hall–Kier alpha value is -2.96. The molecule has 1 aromatic heterocycles. The van der Waals surface area contributed by atoms with Gasteiger partial charge in [0, 0.05) is 24.7 Å². The number of hydrogen-bond acceptors (Lipinski definition) is 5. The van der Waals surface area contributed by atoms with Crippen molar-refractivity contribution < 1.29 is 14.3 Å². The van der Waals surface area contributed by atoms with E-state index in [1.165, 1.54) is 17.0 Å². The van der Waals surface area contributed by atoms with Gasteiger partial charge in [-0.2, -0.15) is 0 Å². The summed E-state index contributed by atoms with van der Waals surface area (Å²) in [7, 11) is 0. The van der Waals surface area contributed by atoms with Gasteiger partial charge in [0.15, 0.2) is 0 Å². The Morgan fingerprint density at radius 2 is 1.89 bits per heavy atom. The van der Waals surface area contributed by atoms with Crippen LogP contribution >= 0.6 is 0 Å². The van der Waals surface area contributed by atoms with Crippen molar-refractivity contribution in [3.8, 4) is 11.3 Å². The number of piperidine rings is 1. The van der Waals surface area contributed by atoms with Gasteiger partial charge in [-0.3, -0.25) is 19.0 Å². The SMILES string of the molecule is CCOC(=O)C1CCN(C(=O)Cn2cnc(-c3ccccc3)cc2=O)CC1. The van der Waals surface area contributed by atoms with Crippen LogP contribution in [0.15, 0.2) is 47.5 Å². The van der Waals surface area contributed by atoms with Crippen molar-refractivity contribution in [3.05, 3.63) is 53.1 Å². The molecule has 0 saturated carbocycles. The summed E-state index contributed by atoms with van der Waals surface area (Å²) in [6, 6.07) is 10.9. The van der Waals surface area contributed by atoms with E-state index in [4.69, 9.17) is 4.74 Å². The van der Waals surface area contributed by atoms with E-state index >= 15 is 0 Å². The monoisotopic (exact) mass is 369 g/mol. The number of carbonyl (C=O) groups is 2. The summed E-state index contributed by atoms with van der Waals surface area (Å²) >= 11 is 0. The van der Waals surface area contributed by atoms with Crippen LogP contribution in [0.5, 0.6) is 0 Å². The average molecular weight is 369 g/mol. The molecule has 0 N–H and O–H groups in total. The number of likely N-dealkylation sites (tertiary alicyclic amines) is 1. The van der Waals surface area contributed by atoms with Gasteiger partial charge in [0.2, 0.25) is 5.91 Å². The number of rotatable bonds is 5. The van der Waals surface area contributed by atoms with E-state index in [1.807, 2.05) is 30.3 Å². The molecule has 0 radical (unpaired) electrons. The van der Waals surface area contributed by atoms with Crippen molar-refractivity contribution in [1.29, 1.82) is 0 Å². The Kier molecular flexibility index (Phi) is 6.01. The van der Waals surface area contributed by atoms with Crippen LogP contribution in [0, 0.1) is 5.92 Å². The minimum atomic E-state index is -0.265. The van der Waals surface area contributed by atoms with E-state index in [9.17, 15) is 14.4 Å². The first-order valence-corrected chi connectivity index (χ1v) is 9.14. The number of esters is 1. The quantitative estimate of drug-likeness (QED) is 0.750. The van der Waals surface area contributed by atoms with Crippen LogP contribution in [0.1, 0.15) is 19.8 Å². The molecule has 0 spiro atoms.